The number of aliphatic hydroxyl groups excluding tert-OH is 2. The first kappa shape index (κ1) is 52.8. The minimum atomic E-state index is -1.13. The second kappa shape index (κ2) is 36.7. The van der Waals surface area contributed by atoms with Crippen LogP contribution in [0.1, 0.15) is 143 Å². The van der Waals surface area contributed by atoms with E-state index in [0.29, 0.717) is 12.8 Å². The molecule has 16 nitrogen and oxygen atoms in total. The number of nitrogens with zero attached hydrogens (tertiary/aromatic N) is 2. The number of aliphatic carboxylic acids is 2. The maximum Gasteiger partial charge on any atom is 0.335 e. The number of unbranched alkanes of at least 4 members (excludes halogenated alkanes) is 5. The summed E-state index contributed by atoms with van der Waals surface area (Å²) in [5.74, 6) is -2.39. The molecule has 0 saturated heterocycles. The van der Waals surface area contributed by atoms with Crippen LogP contribution in [-0.2, 0) is 19.2 Å². The summed E-state index contributed by atoms with van der Waals surface area (Å²) in [6, 6.07) is 5.65. The van der Waals surface area contributed by atoms with Gasteiger partial charge in [-0.05, 0) is 139 Å². The molecule has 0 atom stereocenters. The Morgan fingerprint density at radius 3 is 1.22 bits per heavy atom. The molecule has 0 radical (unpaired) electrons. The summed E-state index contributed by atoms with van der Waals surface area (Å²) in [5.41, 5.74) is 10.5. The van der Waals surface area contributed by atoms with Gasteiger partial charge in [0.15, 0.2) is 0 Å². The van der Waals surface area contributed by atoms with E-state index in [0.717, 1.165) is 82.4 Å². The van der Waals surface area contributed by atoms with Gasteiger partial charge in [-0.15, -0.1) is 0 Å². The van der Waals surface area contributed by atoms with Crippen molar-refractivity contribution in [2.24, 2.45) is 33.3 Å². The van der Waals surface area contributed by atoms with Gasteiger partial charge in [-0.25, -0.2) is 29.2 Å². The minimum Gasteiger partial charge on any atom is -0.481 e. The van der Waals surface area contributed by atoms with E-state index >= 15 is 0 Å². The van der Waals surface area contributed by atoms with E-state index < -0.39 is 23.9 Å². The zero-order valence-electron chi connectivity index (χ0n) is 32.1. The number of carboxylic acid groups (broad SMARTS) is 4. The highest BCUT2D eigenvalue weighted by Crippen LogP contribution is 2.36. The van der Waals surface area contributed by atoms with Gasteiger partial charge in [0.1, 0.15) is 0 Å². The molecule has 2 saturated carbocycles. The third-order valence-corrected chi connectivity index (χ3v) is 8.88. The molecule has 1 aromatic rings. The Kier molecular flexibility index (Phi) is 35.2. The lowest BCUT2D eigenvalue weighted by Crippen LogP contribution is -2.23. The molecular weight excluding hydrogens is 716 g/mol. The van der Waals surface area contributed by atoms with Gasteiger partial charge in [0.25, 0.3) is 0 Å². The largest absolute Gasteiger partial charge is 0.481 e. The van der Waals surface area contributed by atoms with Crippen LogP contribution < -0.4 is 11.5 Å². The highest BCUT2D eigenvalue weighted by Gasteiger charge is 2.26. The zero-order valence-corrected chi connectivity index (χ0v) is 32.1. The number of aliphatic imine (C=N–C) groups is 2. The Balaban J connectivity index is 0. The number of carbonyl (C=O) groups excluding carboxylic acids is 2. The summed E-state index contributed by atoms with van der Waals surface area (Å²) in [7, 11) is 0. The van der Waals surface area contributed by atoms with Crippen molar-refractivity contribution in [3.63, 3.8) is 0 Å². The average molecular weight is 781 g/mol. The number of benzene rings is 1. The molecular formula is C39H64N4O12. The number of carboxylic acids is 4. The van der Waals surface area contributed by atoms with Gasteiger partial charge in [-0.3, -0.25) is 9.59 Å². The molecule has 0 aromatic heterocycles. The van der Waals surface area contributed by atoms with E-state index in [1.165, 1.54) is 63.1 Å². The fraction of sp³-hybridized carbons (Fsp3) is 0.692. The van der Waals surface area contributed by atoms with E-state index in [-0.39, 0.29) is 49.3 Å². The molecule has 10 N–H and O–H groups in total. The lowest BCUT2D eigenvalue weighted by molar-refractivity contribution is -0.139. The topological polar surface area (TPSA) is 301 Å². The number of hydrogen-bond acceptors (Lipinski definition) is 12. The average Bonchev–Trinajstić information content (AvgIpc) is 3.17. The number of isocyanates is 2. The first-order valence-corrected chi connectivity index (χ1v) is 19.1. The summed E-state index contributed by atoms with van der Waals surface area (Å²) in [4.78, 5) is 68.7. The van der Waals surface area contributed by atoms with Crippen molar-refractivity contribution in [1.82, 2.24) is 0 Å². The van der Waals surface area contributed by atoms with Crippen molar-refractivity contribution in [3.05, 3.63) is 35.4 Å². The molecule has 0 aliphatic heterocycles. The number of aromatic carboxylic acids is 2. The molecule has 0 bridgehead atoms. The molecule has 16 heteroatoms. The number of carbonyl (C=O) groups is 4. The van der Waals surface area contributed by atoms with Gasteiger partial charge in [0, 0.05) is 26.1 Å². The maximum atomic E-state index is 10.4. The van der Waals surface area contributed by atoms with E-state index in [2.05, 4.69) is 9.98 Å². The van der Waals surface area contributed by atoms with E-state index in [1.807, 2.05) is 0 Å². The second-order valence-corrected chi connectivity index (χ2v) is 13.4. The predicted octanol–water partition coefficient (Wildman–Crippen LogP) is 5.18. The number of nitrogens with two attached hydrogens (primary N) is 2. The number of hydrogen-bond donors (Lipinski definition) is 8. The lowest BCUT2D eigenvalue weighted by atomic mass is 9.76. The molecule has 2 aliphatic carbocycles. The standard InChI is InChI=1S/C15H22N2O2.C8H6O4.C6H16N2.C6H10O4.C4H10O2/c18-10-16-14-5-1-12(2-6-14)9-13-3-7-15(8-4-13)17-11-19;9-7(10)5-2-1-3-6(4-5)8(11)12;7-5-3-1-2-4-6-8;7-5(8)3-1-2-4-6(9)10;5-3-1-2-4-6/h12-15H,1-9H2;1-4H,(H,9,10)(H,11,12);1-8H2;1-4H2,(H,7,8)(H,9,10);5-6H,1-4H2. The van der Waals surface area contributed by atoms with Crippen LogP contribution in [0, 0.1) is 11.8 Å². The van der Waals surface area contributed by atoms with Crippen LogP contribution in [0.2, 0.25) is 0 Å². The first-order chi connectivity index (χ1) is 26.4. The first-order valence-electron chi connectivity index (χ1n) is 19.1. The van der Waals surface area contributed by atoms with Crippen molar-refractivity contribution in [2.75, 3.05) is 26.3 Å². The fourth-order valence-corrected chi connectivity index (χ4v) is 5.84. The summed E-state index contributed by atoms with van der Waals surface area (Å²) < 4.78 is 0. The molecule has 0 spiro atoms. The van der Waals surface area contributed by atoms with Gasteiger partial charge in [-0.2, -0.15) is 0 Å². The van der Waals surface area contributed by atoms with Crippen molar-refractivity contribution < 1.29 is 59.4 Å². The summed E-state index contributed by atoms with van der Waals surface area (Å²) in [6.45, 7) is 2.04. The quantitative estimate of drug-likeness (QED) is 0.0510. The lowest BCUT2D eigenvalue weighted by Gasteiger charge is -2.31. The number of rotatable bonds is 19. The highest BCUT2D eigenvalue weighted by molar-refractivity contribution is 5.93. The Bertz CT molecular complexity index is 1180. The van der Waals surface area contributed by atoms with E-state index in [9.17, 15) is 28.8 Å². The fourth-order valence-electron chi connectivity index (χ4n) is 5.84. The maximum absolute atomic E-state index is 10.4. The molecule has 3 rings (SSSR count). The predicted molar refractivity (Wildman–Crippen MR) is 206 cm³/mol. The Morgan fingerprint density at radius 2 is 0.945 bits per heavy atom. The molecule has 2 aliphatic rings. The van der Waals surface area contributed by atoms with Crippen molar-refractivity contribution >= 4 is 36.0 Å². The van der Waals surface area contributed by atoms with Gasteiger partial charge >= 0.3 is 23.9 Å². The molecule has 55 heavy (non-hydrogen) atoms. The molecule has 0 amide bonds. The van der Waals surface area contributed by atoms with Crippen molar-refractivity contribution in [1.29, 1.82) is 0 Å². The molecule has 1 aromatic carbocycles. The summed E-state index contributed by atoms with van der Waals surface area (Å²) in [5, 5.41) is 49.4. The van der Waals surface area contributed by atoms with Gasteiger partial charge in [-0.1, -0.05) is 18.9 Å². The van der Waals surface area contributed by atoms with Crippen LogP contribution in [-0.4, -0.2) is 105 Å². The van der Waals surface area contributed by atoms with Crippen molar-refractivity contribution in [3.8, 4) is 0 Å². The van der Waals surface area contributed by atoms with Crippen LogP contribution in [0.5, 0.6) is 0 Å². The second-order valence-electron chi connectivity index (χ2n) is 13.4. The van der Waals surface area contributed by atoms with Crippen LogP contribution in [0.4, 0.5) is 0 Å². The minimum absolute atomic E-state index is 0.0186. The monoisotopic (exact) mass is 780 g/mol. The molecule has 0 heterocycles. The van der Waals surface area contributed by atoms with Gasteiger partial charge < -0.3 is 42.1 Å². The molecule has 0 unspecified atom stereocenters. The SMILES string of the molecule is NCCCCCCN.O=C(O)CCCCC(=O)O.O=C(O)c1cccc(C(=O)O)c1.O=C=NC1CCC(CC2CCC(N=C=O)CC2)CC1.OCCCCO. The van der Waals surface area contributed by atoms with Gasteiger partial charge in [0.05, 0.1) is 23.2 Å². The van der Waals surface area contributed by atoms with Crippen LogP contribution in [0.25, 0.3) is 0 Å². The third-order valence-electron chi connectivity index (χ3n) is 8.88. The third kappa shape index (κ3) is 32.8. The smallest absolute Gasteiger partial charge is 0.335 e. The van der Waals surface area contributed by atoms with Crippen molar-refractivity contribution in [2.45, 2.75) is 134 Å². The van der Waals surface area contributed by atoms with Gasteiger partial charge in [0.2, 0.25) is 12.2 Å². The van der Waals surface area contributed by atoms with E-state index in [4.69, 9.17) is 42.1 Å². The highest BCUT2D eigenvalue weighted by atomic mass is 16.4. The van der Waals surface area contributed by atoms with E-state index in [1.54, 1.807) is 12.2 Å². The molecule has 2 fully saturated rings. The Labute approximate surface area is 324 Å². The van der Waals surface area contributed by atoms with Crippen LogP contribution in [0.15, 0.2) is 34.3 Å². The Morgan fingerprint density at radius 1 is 0.582 bits per heavy atom. The summed E-state index contributed by atoms with van der Waals surface area (Å²) >= 11 is 0. The number of aliphatic hydroxyl groups is 2. The normalized spacial score (nSPS) is 18.2. The van der Waals surface area contributed by atoms with Crippen LogP contribution >= 0.6 is 0 Å². The Hall–Kier alpha value is -4.30. The molecule has 312 valence electrons. The summed E-state index contributed by atoms with van der Waals surface area (Å²) in [6.07, 6.45) is 20.9. The zero-order chi connectivity index (χ0) is 41.7. The van der Waals surface area contributed by atoms with Crippen LogP contribution in [0.3, 0.4) is 0 Å².